The molecule has 1 fully saturated rings. The highest BCUT2D eigenvalue weighted by atomic mass is 35.5. The molecule has 2 aromatic heterocycles. The van der Waals surface area contributed by atoms with Crippen LogP contribution in [0.3, 0.4) is 0 Å². The predicted octanol–water partition coefficient (Wildman–Crippen LogP) is 4.11. The van der Waals surface area contributed by atoms with Crippen molar-refractivity contribution in [3.05, 3.63) is 34.4 Å². The van der Waals surface area contributed by atoms with E-state index in [-0.39, 0.29) is 18.2 Å². The van der Waals surface area contributed by atoms with E-state index in [4.69, 9.17) is 16.7 Å². The fourth-order valence-electron chi connectivity index (χ4n) is 3.19. The average Bonchev–Trinajstić information content (AvgIpc) is 3.21. The Bertz CT molecular complexity index is 740. The number of hydrogen-bond donors (Lipinski definition) is 2. The molecule has 0 spiro atoms. The minimum absolute atomic E-state index is 0.00389. The lowest BCUT2D eigenvalue weighted by Crippen LogP contribution is -2.40. The van der Waals surface area contributed by atoms with Crippen molar-refractivity contribution in [2.75, 3.05) is 13.1 Å². The lowest BCUT2D eigenvalue weighted by atomic mass is 9.93. The lowest BCUT2D eigenvalue weighted by molar-refractivity contribution is -0.137. The molecule has 5 nitrogen and oxygen atoms in total. The fourth-order valence-corrected chi connectivity index (χ4v) is 4.26. The van der Waals surface area contributed by atoms with Crippen molar-refractivity contribution in [2.45, 2.75) is 25.7 Å². The quantitative estimate of drug-likeness (QED) is 0.836. The molecule has 7 heteroatoms. The molecule has 3 heterocycles. The van der Waals surface area contributed by atoms with Crippen LogP contribution in [0.15, 0.2) is 24.5 Å². The van der Waals surface area contributed by atoms with Crippen LogP contribution >= 0.6 is 22.9 Å². The minimum Gasteiger partial charge on any atom is -0.481 e. The molecule has 0 aromatic carbocycles. The summed E-state index contributed by atoms with van der Waals surface area (Å²) in [4.78, 5) is 29.5. The Kier molecular flexibility index (Phi) is 5.26. The van der Waals surface area contributed by atoms with Crippen LogP contribution in [-0.4, -0.2) is 40.0 Å². The second kappa shape index (κ2) is 7.40. The standard InChI is InChI=1S/C17H19ClN2O3S/c18-15-5-4-14(24-15)12-8-19-9-13(12)17(23)20-7-1-2-11(10-20)3-6-16(21)22/h4-5,8-9,11,19H,1-3,6-7,10H2,(H,21,22). The minimum atomic E-state index is -0.777. The summed E-state index contributed by atoms with van der Waals surface area (Å²) in [7, 11) is 0. The molecule has 1 aliphatic heterocycles. The molecule has 0 saturated carbocycles. The van der Waals surface area contributed by atoms with Gasteiger partial charge in [-0.15, -0.1) is 11.3 Å². The highest BCUT2D eigenvalue weighted by Gasteiger charge is 2.27. The zero-order chi connectivity index (χ0) is 17.1. The number of amides is 1. The Morgan fingerprint density at radius 1 is 1.38 bits per heavy atom. The molecule has 0 aliphatic carbocycles. The van der Waals surface area contributed by atoms with Gasteiger partial charge in [0.15, 0.2) is 0 Å². The predicted molar refractivity (Wildman–Crippen MR) is 94.6 cm³/mol. The van der Waals surface area contributed by atoms with Crippen LogP contribution in [0.1, 0.15) is 36.0 Å². The van der Waals surface area contributed by atoms with E-state index in [9.17, 15) is 9.59 Å². The van der Waals surface area contributed by atoms with E-state index in [0.29, 0.717) is 22.9 Å². The number of hydrogen-bond acceptors (Lipinski definition) is 3. The van der Waals surface area contributed by atoms with Crippen molar-refractivity contribution in [1.29, 1.82) is 0 Å². The molecule has 128 valence electrons. The van der Waals surface area contributed by atoms with Gasteiger partial charge in [-0.2, -0.15) is 0 Å². The Balaban J connectivity index is 1.72. The Hall–Kier alpha value is -1.79. The number of carboxylic acids is 1. The summed E-state index contributed by atoms with van der Waals surface area (Å²) < 4.78 is 0.691. The first kappa shape index (κ1) is 17.0. The molecule has 2 aromatic rings. The third-order valence-electron chi connectivity index (χ3n) is 4.39. The molecular weight excluding hydrogens is 348 g/mol. The molecule has 3 rings (SSSR count). The average molecular weight is 367 g/mol. The van der Waals surface area contributed by atoms with Gasteiger partial charge in [0.05, 0.1) is 9.90 Å². The van der Waals surface area contributed by atoms with E-state index in [1.165, 1.54) is 11.3 Å². The smallest absolute Gasteiger partial charge is 0.303 e. The molecule has 0 radical (unpaired) electrons. The van der Waals surface area contributed by atoms with Crippen molar-refractivity contribution in [1.82, 2.24) is 9.88 Å². The summed E-state index contributed by atoms with van der Waals surface area (Å²) in [6, 6.07) is 3.74. The van der Waals surface area contributed by atoms with Gasteiger partial charge in [-0.3, -0.25) is 9.59 Å². The number of carbonyl (C=O) groups is 2. The molecule has 1 amide bonds. The summed E-state index contributed by atoms with van der Waals surface area (Å²) in [5.41, 5.74) is 1.51. The van der Waals surface area contributed by atoms with Crippen LogP contribution in [0, 0.1) is 5.92 Å². The lowest BCUT2D eigenvalue weighted by Gasteiger charge is -2.32. The van der Waals surface area contributed by atoms with Crippen LogP contribution in [0.4, 0.5) is 0 Å². The maximum Gasteiger partial charge on any atom is 0.303 e. The number of carbonyl (C=O) groups excluding carboxylic acids is 1. The van der Waals surface area contributed by atoms with Crippen LogP contribution < -0.4 is 0 Å². The number of nitrogens with one attached hydrogen (secondary N) is 1. The van der Waals surface area contributed by atoms with Crippen molar-refractivity contribution >= 4 is 34.8 Å². The number of rotatable bonds is 5. The van der Waals surface area contributed by atoms with Gasteiger partial charge < -0.3 is 15.0 Å². The van der Waals surface area contributed by atoms with Gasteiger partial charge in [-0.1, -0.05) is 11.6 Å². The van der Waals surface area contributed by atoms with E-state index in [1.807, 2.05) is 23.2 Å². The first-order chi connectivity index (χ1) is 11.5. The molecule has 1 unspecified atom stereocenters. The number of aliphatic carboxylic acids is 1. The number of thiophene rings is 1. The number of aromatic amines is 1. The molecule has 2 N–H and O–H groups in total. The van der Waals surface area contributed by atoms with Gasteiger partial charge in [0.25, 0.3) is 5.91 Å². The van der Waals surface area contributed by atoms with Gasteiger partial charge >= 0.3 is 5.97 Å². The van der Waals surface area contributed by atoms with Crippen LogP contribution in [0.2, 0.25) is 4.34 Å². The summed E-state index contributed by atoms with van der Waals surface area (Å²) >= 11 is 7.45. The number of piperidine rings is 1. The maximum atomic E-state index is 12.9. The molecule has 0 bridgehead atoms. The maximum absolute atomic E-state index is 12.9. The molecule has 24 heavy (non-hydrogen) atoms. The normalized spacial score (nSPS) is 17.9. The molecule has 1 atom stereocenters. The number of carboxylic acid groups (broad SMARTS) is 1. The van der Waals surface area contributed by atoms with Crippen molar-refractivity contribution in [3.8, 4) is 10.4 Å². The summed E-state index contributed by atoms with van der Waals surface area (Å²) in [6.45, 7) is 1.35. The Morgan fingerprint density at radius 3 is 2.92 bits per heavy atom. The largest absolute Gasteiger partial charge is 0.481 e. The van der Waals surface area contributed by atoms with Crippen molar-refractivity contribution < 1.29 is 14.7 Å². The number of aromatic nitrogens is 1. The van der Waals surface area contributed by atoms with Crippen LogP contribution in [0.5, 0.6) is 0 Å². The molecular formula is C17H19ClN2O3S. The van der Waals surface area contributed by atoms with Gasteiger partial charge in [-0.25, -0.2) is 0 Å². The second-order valence-corrected chi connectivity index (χ2v) is 7.79. The van der Waals surface area contributed by atoms with Gasteiger partial charge in [-0.05, 0) is 37.3 Å². The summed E-state index contributed by atoms with van der Waals surface area (Å²) in [5, 5.41) is 8.84. The van der Waals surface area contributed by atoms with Gasteiger partial charge in [0.1, 0.15) is 0 Å². The van der Waals surface area contributed by atoms with Crippen molar-refractivity contribution in [2.24, 2.45) is 5.92 Å². The van der Waals surface area contributed by atoms with E-state index in [1.54, 1.807) is 6.20 Å². The fraction of sp³-hybridized carbons (Fsp3) is 0.412. The van der Waals surface area contributed by atoms with E-state index in [0.717, 1.165) is 29.8 Å². The van der Waals surface area contributed by atoms with Crippen LogP contribution in [0.25, 0.3) is 10.4 Å². The number of likely N-dealkylation sites (tertiary alicyclic amines) is 1. The van der Waals surface area contributed by atoms with Gasteiger partial charge in [0.2, 0.25) is 0 Å². The first-order valence-electron chi connectivity index (χ1n) is 7.98. The van der Waals surface area contributed by atoms with E-state index < -0.39 is 5.97 Å². The number of H-pyrrole nitrogens is 1. The summed E-state index contributed by atoms with van der Waals surface area (Å²) in [5.74, 6) is -0.519. The Labute approximate surface area is 149 Å². The first-order valence-corrected chi connectivity index (χ1v) is 9.17. The second-order valence-electron chi connectivity index (χ2n) is 6.08. The topological polar surface area (TPSA) is 73.4 Å². The zero-order valence-corrected chi connectivity index (χ0v) is 14.7. The van der Waals surface area contributed by atoms with E-state index in [2.05, 4.69) is 4.98 Å². The molecule has 1 aliphatic rings. The van der Waals surface area contributed by atoms with Gasteiger partial charge in [0, 0.05) is 42.3 Å². The number of nitrogens with zero attached hydrogens (tertiary/aromatic N) is 1. The third-order valence-corrected chi connectivity index (χ3v) is 5.65. The highest BCUT2D eigenvalue weighted by Crippen LogP contribution is 2.34. The van der Waals surface area contributed by atoms with Crippen LogP contribution in [-0.2, 0) is 4.79 Å². The summed E-state index contributed by atoms with van der Waals surface area (Å²) in [6.07, 6.45) is 6.24. The van der Waals surface area contributed by atoms with Crippen molar-refractivity contribution in [3.63, 3.8) is 0 Å². The number of halogens is 1. The zero-order valence-electron chi connectivity index (χ0n) is 13.1. The monoisotopic (exact) mass is 366 g/mol. The highest BCUT2D eigenvalue weighted by molar-refractivity contribution is 7.19. The third kappa shape index (κ3) is 3.82. The Morgan fingerprint density at radius 2 is 2.21 bits per heavy atom. The van der Waals surface area contributed by atoms with E-state index >= 15 is 0 Å². The molecule has 1 saturated heterocycles. The SMILES string of the molecule is O=C(O)CCC1CCCN(C(=O)c2c[nH]cc2-c2ccc(Cl)s2)C1.